The molecule has 5 nitrogen and oxygen atoms in total. The maximum absolute atomic E-state index is 12.4. The van der Waals surface area contributed by atoms with Gasteiger partial charge in [-0.15, -0.1) is 11.3 Å². The minimum absolute atomic E-state index is 0.102. The Balaban J connectivity index is 2.10. The number of ketones is 1. The van der Waals surface area contributed by atoms with Crippen molar-refractivity contribution in [3.8, 4) is 0 Å². The van der Waals surface area contributed by atoms with Crippen molar-refractivity contribution < 1.29 is 14.7 Å². The number of carbonyl (C=O) groups is 2. The number of carboxylic acids is 1. The molecule has 3 aromatic rings. The number of aromatic carboxylic acids is 1. The van der Waals surface area contributed by atoms with E-state index < -0.39 is 5.97 Å². The lowest BCUT2D eigenvalue weighted by atomic mass is 10.1. The first kappa shape index (κ1) is 12.6. The van der Waals surface area contributed by atoms with Crippen molar-refractivity contribution in [2.24, 2.45) is 0 Å². The number of nitrogens with zero attached hydrogens (tertiary/aromatic N) is 1. The maximum Gasteiger partial charge on any atom is 0.355 e. The van der Waals surface area contributed by atoms with Gasteiger partial charge in [-0.1, -0.05) is 12.1 Å². The van der Waals surface area contributed by atoms with Gasteiger partial charge in [-0.2, -0.15) is 0 Å². The molecule has 0 bridgehead atoms. The minimum atomic E-state index is -1.13. The molecule has 3 rings (SSSR count). The van der Waals surface area contributed by atoms with Gasteiger partial charge in [-0.05, 0) is 18.6 Å². The number of nitrogens with one attached hydrogen (secondary N) is 1. The molecule has 0 saturated carbocycles. The second kappa shape index (κ2) is 4.57. The third-order valence-corrected chi connectivity index (χ3v) is 3.92. The monoisotopic (exact) mass is 286 g/mol. The second-order valence-electron chi connectivity index (χ2n) is 4.37. The van der Waals surface area contributed by atoms with Gasteiger partial charge in [0.25, 0.3) is 0 Å². The summed E-state index contributed by atoms with van der Waals surface area (Å²) in [5, 5.41) is 11.3. The maximum atomic E-state index is 12.4. The molecule has 0 saturated heterocycles. The van der Waals surface area contributed by atoms with Crippen LogP contribution in [0.5, 0.6) is 0 Å². The van der Waals surface area contributed by atoms with Crippen LogP contribution in [-0.2, 0) is 0 Å². The summed E-state index contributed by atoms with van der Waals surface area (Å²) >= 11 is 1.04. The molecular weight excluding hydrogens is 276 g/mol. The van der Waals surface area contributed by atoms with E-state index in [4.69, 9.17) is 5.11 Å². The standard InChI is InChI=1S/C14H10N2O3S/c1-7-3-2-4-9-11(7)8(5-15-9)12(17)13-16-10(6-20-13)14(18)19/h2-6,15H,1H3,(H,18,19). The summed E-state index contributed by atoms with van der Waals surface area (Å²) in [4.78, 5) is 30.2. The van der Waals surface area contributed by atoms with Gasteiger partial charge in [0.1, 0.15) is 0 Å². The molecule has 0 aliphatic carbocycles. The van der Waals surface area contributed by atoms with Gasteiger partial charge in [-0.3, -0.25) is 4.79 Å². The molecule has 100 valence electrons. The summed E-state index contributed by atoms with van der Waals surface area (Å²) in [6.45, 7) is 1.93. The molecule has 0 fully saturated rings. The Morgan fingerprint density at radius 2 is 2.15 bits per heavy atom. The number of aryl methyl sites for hydroxylation is 1. The van der Waals surface area contributed by atoms with Crippen LogP contribution in [0.2, 0.25) is 0 Å². The SMILES string of the molecule is Cc1cccc2[nH]cc(C(=O)c3nc(C(=O)O)cs3)c12. The summed E-state index contributed by atoms with van der Waals surface area (Å²) in [6.07, 6.45) is 1.64. The highest BCUT2D eigenvalue weighted by Gasteiger charge is 2.20. The zero-order chi connectivity index (χ0) is 14.3. The number of carboxylic acid groups (broad SMARTS) is 1. The van der Waals surface area contributed by atoms with Crippen molar-refractivity contribution in [3.05, 3.63) is 51.6 Å². The van der Waals surface area contributed by atoms with E-state index in [1.54, 1.807) is 6.20 Å². The highest BCUT2D eigenvalue weighted by Crippen LogP contribution is 2.25. The lowest BCUT2D eigenvalue weighted by Crippen LogP contribution is -2.03. The molecule has 2 aromatic heterocycles. The number of hydrogen-bond acceptors (Lipinski definition) is 4. The Morgan fingerprint density at radius 3 is 2.85 bits per heavy atom. The second-order valence-corrected chi connectivity index (χ2v) is 5.23. The number of carbonyl (C=O) groups excluding carboxylic acids is 1. The van der Waals surface area contributed by atoms with Gasteiger partial charge in [0.2, 0.25) is 5.78 Å². The van der Waals surface area contributed by atoms with Gasteiger partial charge in [-0.25, -0.2) is 9.78 Å². The van der Waals surface area contributed by atoms with Crippen molar-refractivity contribution in [2.45, 2.75) is 6.92 Å². The van der Waals surface area contributed by atoms with E-state index >= 15 is 0 Å². The van der Waals surface area contributed by atoms with E-state index in [0.29, 0.717) is 5.56 Å². The van der Waals surface area contributed by atoms with E-state index in [2.05, 4.69) is 9.97 Å². The Labute approximate surface area is 117 Å². The number of benzene rings is 1. The van der Waals surface area contributed by atoms with Crippen LogP contribution < -0.4 is 0 Å². The Kier molecular flexibility index (Phi) is 2.87. The Bertz CT molecular complexity index is 832. The molecule has 2 N–H and O–H groups in total. The predicted molar refractivity (Wildman–Crippen MR) is 75.5 cm³/mol. The molecule has 0 aliphatic heterocycles. The van der Waals surface area contributed by atoms with E-state index in [9.17, 15) is 9.59 Å². The van der Waals surface area contributed by atoms with Crippen LogP contribution in [0.4, 0.5) is 0 Å². The molecule has 0 unspecified atom stereocenters. The van der Waals surface area contributed by atoms with E-state index in [-0.39, 0.29) is 16.5 Å². The zero-order valence-electron chi connectivity index (χ0n) is 10.5. The van der Waals surface area contributed by atoms with Gasteiger partial charge >= 0.3 is 5.97 Å². The largest absolute Gasteiger partial charge is 0.476 e. The summed E-state index contributed by atoms with van der Waals surface area (Å²) < 4.78 is 0. The first-order valence-electron chi connectivity index (χ1n) is 5.88. The highest BCUT2D eigenvalue weighted by atomic mass is 32.1. The third kappa shape index (κ3) is 1.90. The number of fused-ring (bicyclic) bond motifs is 1. The number of thiazole rings is 1. The number of aromatic amines is 1. The lowest BCUT2D eigenvalue weighted by Gasteiger charge is -1.99. The highest BCUT2D eigenvalue weighted by molar-refractivity contribution is 7.12. The molecule has 0 atom stereocenters. The Hall–Kier alpha value is -2.47. The molecule has 0 radical (unpaired) electrons. The number of aromatic nitrogens is 2. The van der Waals surface area contributed by atoms with Crippen molar-refractivity contribution in [3.63, 3.8) is 0 Å². The van der Waals surface area contributed by atoms with Crippen LogP contribution in [-0.4, -0.2) is 26.8 Å². The number of H-pyrrole nitrogens is 1. The topological polar surface area (TPSA) is 83.0 Å². The average molecular weight is 286 g/mol. The predicted octanol–water partition coefficient (Wildman–Crippen LogP) is 2.86. The molecular formula is C14H10N2O3S. The third-order valence-electron chi connectivity index (χ3n) is 3.08. The van der Waals surface area contributed by atoms with Crippen molar-refractivity contribution in [2.75, 3.05) is 0 Å². The van der Waals surface area contributed by atoms with Crippen molar-refractivity contribution in [1.82, 2.24) is 9.97 Å². The van der Waals surface area contributed by atoms with Gasteiger partial charge in [0.15, 0.2) is 10.7 Å². The average Bonchev–Trinajstić information content (AvgIpc) is 3.05. The fraction of sp³-hybridized carbons (Fsp3) is 0.0714. The quantitative estimate of drug-likeness (QED) is 0.725. The zero-order valence-corrected chi connectivity index (χ0v) is 11.3. The smallest absolute Gasteiger partial charge is 0.355 e. The molecule has 0 amide bonds. The van der Waals surface area contributed by atoms with E-state index in [1.807, 2.05) is 25.1 Å². The number of hydrogen-bond donors (Lipinski definition) is 2. The molecule has 1 aromatic carbocycles. The summed E-state index contributed by atoms with van der Waals surface area (Å²) in [6, 6.07) is 5.73. The van der Waals surface area contributed by atoms with Crippen molar-refractivity contribution >= 4 is 34.0 Å². The normalized spacial score (nSPS) is 10.8. The van der Waals surface area contributed by atoms with Gasteiger partial charge in [0, 0.05) is 22.5 Å². The van der Waals surface area contributed by atoms with Crippen LogP contribution >= 0.6 is 11.3 Å². The molecule has 0 spiro atoms. The van der Waals surface area contributed by atoms with E-state index in [0.717, 1.165) is 27.8 Å². The first-order chi connectivity index (χ1) is 9.58. The summed E-state index contributed by atoms with van der Waals surface area (Å²) in [5.41, 5.74) is 2.28. The molecule has 0 aliphatic rings. The fourth-order valence-electron chi connectivity index (χ4n) is 2.14. The van der Waals surface area contributed by atoms with Crippen LogP contribution in [0.3, 0.4) is 0 Å². The van der Waals surface area contributed by atoms with Crippen LogP contribution in [0.15, 0.2) is 29.8 Å². The van der Waals surface area contributed by atoms with Crippen LogP contribution in [0, 0.1) is 6.92 Å². The fourth-order valence-corrected chi connectivity index (χ4v) is 2.88. The van der Waals surface area contributed by atoms with Crippen LogP contribution in [0.25, 0.3) is 10.9 Å². The molecule has 2 heterocycles. The summed E-state index contributed by atoms with van der Waals surface area (Å²) in [7, 11) is 0. The summed E-state index contributed by atoms with van der Waals surface area (Å²) in [5.74, 6) is -1.39. The van der Waals surface area contributed by atoms with Crippen LogP contribution in [0.1, 0.15) is 31.4 Å². The van der Waals surface area contributed by atoms with Gasteiger partial charge < -0.3 is 10.1 Å². The molecule has 20 heavy (non-hydrogen) atoms. The van der Waals surface area contributed by atoms with E-state index in [1.165, 1.54) is 5.38 Å². The minimum Gasteiger partial charge on any atom is -0.476 e. The van der Waals surface area contributed by atoms with Gasteiger partial charge in [0.05, 0.1) is 5.56 Å². The lowest BCUT2D eigenvalue weighted by molar-refractivity contribution is 0.0691. The number of rotatable bonds is 3. The first-order valence-corrected chi connectivity index (χ1v) is 6.76. The molecule has 6 heteroatoms. The van der Waals surface area contributed by atoms with Crippen molar-refractivity contribution in [1.29, 1.82) is 0 Å². The Morgan fingerprint density at radius 1 is 1.35 bits per heavy atom.